The zero-order valence-electron chi connectivity index (χ0n) is 15.2. The minimum absolute atomic E-state index is 0. The van der Waals surface area contributed by atoms with E-state index in [4.69, 9.17) is 5.73 Å². The Labute approximate surface area is 164 Å². The molecule has 0 spiro atoms. The van der Waals surface area contributed by atoms with Crippen LogP contribution in [0.15, 0.2) is 30.3 Å². The predicted octanol–water partition coefficient (Wildman–Crippen LogP) is 3.87. The van der Waals surface area contributed by atoms with E-state index in [2.05, 4.69) is 41.1 Å². The number of likely N-dealkylation sites (tertiary alicyclic amines) is 1. The van der Waals surface area contributed by atoms with Crippen LogP contribution in [0.25, 0.3) is 0 Å². The zero-order chi connectivity index (χ0) is 16.5. The molecule has 1 aliphatic rings. The van der Waals surface area contributed by atoms with Crippen LogP contribution in [0.3, 0.4) is 0 Å². The second-order valence-electron chi connectivity index (χ2n) is 6.51. The van der Waals surface area contributed by atoms with Gasteiger partial charge in [0.05, 0.1) is 0 Å². The number of para-hydroxylation sites is 1. The van der Waals surface area contributed by atoms with Crippen molar-refractivity contribution in [3.63, 3.8) is 0 Å². The van der Waals surface area contributed by atoms with Gasteiger partial charge in [-0.25, -0.2) is 0 Å². The number of piperidine rings is 1. The molecule has 0 radical (unpaired) electrons. The molecule has 4 nitrogen and oxygen atoms in total. The lowest BCUT2D eigenvalue weighted by atomic mass is 10.0. The Morgan fingerprint density at radius 2 is 1.68 bits per heavy atom. The van der Waals surface area contributed by atoms with E-state index in [-0.39, 0.29) is 24.8 Å². The fraction of sp³-hybridized carbons (Fsp3) is 0.632. The summed E-state index contributed by atoms with van der Waals surface area (Å²) in [4.78, 5) is 16.7. The van der Waals surface area contributed by atoms with Crippen molar-refractivity contribution in [2.24, 2.45) is 5.73 Å². The van der Waals surface area contributed by atoms with Crippen LogP contribution in [0.4, 0.5) is 5.69 Å². The van der Waals surface area contributed by atoms with Crippen molar-refractivity contribution in [3.8, 4) is 0 Å². The molecule has 1 aliphatic heterocycles. The second kappa shape index (κ2) is 13.3. The molecule has 0 aromatic heterocycles. The maximum absolute atomic E-state index is 12.3. The topological polar surface area (TPSA) is 49.6 Å². The van der Waals surface area contributed by atoms with Crippen LogP contribution in [0.5, 0.6) is 0 Å². The first-order valence-electron chi connectivity index (χ1n) is 8.98. The number of benzene rings is 1. The van der Waals surface area contributed by atoms with Crippen LogP contribution < -0.4 is 10.6 Å². The minimum atomic E-state index is 0. The number of nitrogens with two attached hydrogens (primary N) is 1. The molecule has 0 saturated carbocycles. The third kappa shape index (κ3) is 7.85. The lowest BCUT2D eigenvalue weighted by molar-refractivity contribution is -0.132. The molecule has 144 valence electrons. The van der Waals surface area contributed by atoms with Gasteiger partial charge in [0.25, 0.3) is 0 Å². The van der Waals surface area contributed by atoms with Crippen LogP contribution >= 0.6 is 24.8 Å². The Morgan fingerprint density at radius 3 is 2.28 bits per heavy atom. The number of anilines is 1. The molecular weight excluding hydrogens is 357 g/mol. The predicted molar refractivity (Wildman–Crippen MR) is 111 cm³/mol. The van der Waals surface area contributed by atoms with Crippen LogP contribution in [-0.4, -0.2) is 43.5 Å². The fourth-order valence-electron chi connectivity index (χ4n) is 3.31. The number of hydrogen-bond donors (Lipinski definition) is 1. The molecule has 1 aromatic rings. The summed E-state index contributed by atoms with van der Waals surface area (Å²) in [5, 5.41) is 0. The van der Waals surface area contributed by atoms with Crippen molar-refractivity contribution in [2.45, 2.75) is 51.0 Å². The number of unbranched alkanes of at least 4 members (excludes halogenated alkanes) is 3. The number of carbonyl (C=O) groups is 1. The highest BCUT2D eigenvalue weighted by Gasteiger charge is 2.25. The fourth-order valence-corrected chi connectivity index (χ4v) is 3.31. The van der Waals surface area contributed by atoms with Crippen molar-refractivity contribution < 1.29 is 4.79 Å². The van der Waals surface area contributed by atoms with Gasteiger partial charge >= 0.3 is 0 Å². The van der Waals surface area contributed by atoms with Crippen molar-refractivity contribution in [2.75, 3.05) is 31.6 Å². The van der Waals surface area contributed by atoms with Crippen LogP contribution in [0.2, 0.25) is 0 Å². The summed E-state index contributed by atoms with van der Waals surface area (Å²) < 4.78 is 0. The molecule has 0 bridgehead atoms. The number of rotatable bonds is 8. The summed E-state index contributed by atoms with van der Waals surface area (Å²) in [5.41, 5.74) is 6.75. The Kier molecular flexibility index (Phi) is 12.7. The third-order valence-electron chi connectivity index (χ3n) is 4.87. The van der Waals surface area contributed by atoms with Gasteiger partial charge < -0.3 is 15.5 Å². The smallest absolute Gasteiger partial charge is 0.222 e. The first kappa shape index (κ1) is 24.0. The SMILES string of the molecule is CN(c1ccccc1)C1CCN(C(=O)CCCCCCN)CC1.Cl.Cl. The largest absolute Gasteiger partial charge is 0.371 e. The molecule has 25 heavy (non-hydrogen) atoms. The van der Waals surface area contributed by atoms with Crippen molar-refractivity contribution in [3.05, 3.63) is 30.3 Å². The number of hydrogen-bond acceptors (Lipinski definition) is 3. The third-order valence-corrected chi connectivity index (χ3v) is 4.87. The lowest BCUT2D eigenvalue weighted by Gasteiger charge is -2.38. The second-order valence-corrected chi connectivity index (χ2v) is 6.51. The Bertz CT molecular complexity index is 465. The molecule has 0 unspecified atom stereocenters. The summed E-state index contributed by atoms with van der Waals surface area (Å²) in [6, 6.07) is 11.0. The summed E-state index contributed by atoms with van der Waals surface area (Å²) in [7, 11) is 2.16. The highest BCUT2D eigenvalue weighted by Crippen LogP contribution is 2.22. The summed E-state index contributed by atoms with van der Waals surface area (Å²) >= 11 is 0. The number of nitrogens with zero attached hydrogens (tertiary/aromatic N) is 2. The minimum Gasteiger partial charge on any atom is -0.371 e. The maximum Gasteiger partial charge on any atom is 0.222 e. The van der Waals surface area contributed by atoms with E-state index in [1.807, 2.05) is 6.07 Å². The van der Waals surface area contributed by atoms with Crippen molar-refractivity contribution in [1.82, 2.24) is 4.90 Å². The first-order chi connectivity index (χ1) is 11.2. The molecule has 0 atom stereocenters. The number of halogens is 2. The van der Waals surface area contributed by atoms with E-state index in [9.17, 15) is 4.79 Å². The monoisotopic (exact) mass is 389 g/mol. The molecule has 2 rings (SSSR count). The van der Waals surface area contributed by atoms with Gasteiger partial charge in [0.15, 0.2) is 0 Å². The lowest BCUT2D eigenvalue weighted by Crippen LogP contribution is -2.45. The van der Waals surface area contributed by atoms with Crippen LogP contribution in [-0.2, 0) is 4.79 Å². The standard InChI is InChI=1S/C19H31N3O.2ClH/c1-21(17-9-5-4-6-10-17)18-12-15-22(16-13-18)19(23)11-7-2-3-8-14-20;;/h4-6,9-10,18H,2-3,7-8,11-16,20H2,1H3;2*1H. The quantitative estimate of drug-likeness (QED) is 0.686. The van der Waals surface area contributed by atoms with E-state index < -0.39 is 0 Å². The normalized spacial score (nSPS) is 14.4. The number of carbonyl (C=O) groups excluding carboxylic acids is 1. The molecule has 0 aliphatic carbocycles. The zero-order valence-corrected chi connectivity index (χ0v) is 16.9. The Hall–Kier alpha value is -0.970. The molecule has 1 fully saturated rings. The van der Waals surface area contributed by atoms with E-state index in [0.717, 1.165) is 58.2 Å². The summed E-state index contributed by atoms with van der Waals surface area (Å²) in [6.07, 6.45) is 7.16. The van der Waals surface area contributed by atoms with Crippen LogP contribution in [0, 0.1) is 0 Å². The molecule has 6 heteroatoms. The molecule has 2 N–H and O–H groups in total. The molecule has 1 amide bonds. The highest BCUT2D eigenvalue weighted by molar-refractivity contribution is 5.85. The van der Waals surface area contributed by atoms with Gasteiger partial charge in [-0.05, 0) is 44.4 Å². The maximum atomic E-state index is 12.3. The van der Waals surface area contributed by atoms with Gasteiger partial charge in [-0.1, -0.05) is 31.0 Å². The van der Waals surface area contributed by atoms with Crippen LogP contribution in [0.1, 0.15) is 44.9 Å². The molecular formula is C19H33Cl2N3O. The molecule has 1 heterocycles. The van der Waals surface area contributed by atoms with Gasteiger partial charge in [0.1, 0.15) is 0 Å². The first-order valence-corrected chi connectivity index (χ1v) is 8.98. The molecule has 1 saturated heterocycles. The Balaban J connectivity index is 0.00000288. The van der Waals surface area contributed by atoms with Gasteiger partial charge in [-0.15, -0.1) is 24.8 Å². The average Bonchev–Trinajstić information content (AvgIpc) is 2.61. The van der Waals surface area contributed by atoms with Gasteiger partial charge in [0.2, 0.25) is 5.91 Å². The van der Waals surface area contributed by atoms with E-state index >= 15 is 0 Å². The van der Waals surface area contributed by atoms with E-state index in [1.54, 1.807) is 0 Å². The summed E-state index contributed by atoms with van der Waals surface area (Å²) in [5.74, 6) is 0.332. The van der Waals surface area contributed by atoms with E-state index in [1.165, 1.54) is 5.69 Å². The highest BCUT2D eigenvalue weighted by atomic mass is 35.5. The van der Waals surface area contributed by atoms with Gasteiger partial charge in [-0.3, -0.25) is 4.79 Å². The Morgan fingerprint density at radius 1 is 1.08 bits per heavy atom. The number of amides is 1. The summed E-state index contributed by atoms with van der Waals surface area (Å²) in [6.45, 7) is 2.54. The molecule has 1 aromatic carbocycles. The van der Waals surface area contributed by atoms with Gasteiger partial charge in [-0.2, -0.15) is 0 Å². The van der Waals surface area contributed by atoms with E-state index in [0.29, 0.717) is 18.4 Å². The van der Waals surface area contributed by atoms with Crippen molar-refractivity contribution in [1.29, 1.82) is 0 Å². The average molecular weight is 390 g/mol. The van der Waals surface area contributed by atoms with Crippen molar-refractivity contribution >= 4 is 36.4 Å². The van der Waals surface area contributed by atoms with Gasteiger partial charge in [0, 0.05) is 38.3 Å².